The van der Waals surface area contributed by atoms with Crippen molar-refractivity contribution >= 4 is 29.3 Å². The van der Waals surface area contributed by atoms with Crippen molar-refractivity contribution in [2.45, 2.75) is 26.7 Å². The molecule has 32 heavy (non-hydrogen) atoms. The number of anilines is 1. The third kappa shape index (κ3) is 7.06. The molecule has 5 heteroatoms. The minimum Gasteiger partial charge on any atom is -0.326 e. The average Bonchev–Trinajstić information content (AvgIpc) is 2.81. The van der Waals surface area contributed by atoms with Crippen LogP contribution in [0.5, 0.6) is 0 Å². The Morgan fingerprint density at radius 1 is 0.812 bits per heavy atom. The Morgan fingerprint density at radius 2 is 1.47 bits per heavy atom. The summed E-state index contributed by atoms with van der Waals surface area (Å²) < 4.78 is 0. The van der Waals surface area contributed by atoms with Crippen LogP contribution in [0, 0.1) is 13.8 Å². The van der Waals surface area contributed by atoms with Crippen LogP contribution in [0.2, 0.25) is 0 Å². The molecule has 3 aromatic carbocycles. The van der Waals surface area contributed by atoms with E-state index in [0.717, 1.165) is 27.9 Å². The van der Waals surface area contributed by atoms with E-state index in [4.69, 9.17) is 0 Å². The largest absolute Gasteiger partial charge is 0.326 e. The van der Waals surface area contributed by atoms with Crippen LogP contribution >= 0.6 is 0 Å². The fourth-order valence-electron chi connectivity index (χ4n) is 2.99. The maximum Gasteiger partial charge on any atom is 0.240 e. The summed E-state index contributed by atoms with van der Waals surface area (Å²) >= 11 is 0. The summed E-state index contributed by atoms with van der Waals surface area (Å²) in [6.07, 6.45) is 3.92. The summed E-state index contributed by atoms with van der Waals surface area (Å²) in [6, 6.07) is 25.2. The van der Waals surface area contributed by atoms with E-state index in [-0.39, 0.29) is 24.7 Å². The Kier molecular flexibility index (Phi) is 8.09. The quantitative estimate of drug-likeness (QED) is 0.382. The van der Waals surface area contributed by atoms with Gasteiger partial charge in [0.1, 0.15) is 0 Å². The molecule has 0 bridgehead atoms. The van der Waals surface area contributed by atoms with Gasteiger partial charge < -0.3 is 5.32 Å². The number of amides is 2. The first-order valence-electron chi connectivity index (χ1n) is 10.5. The molecule has 3 rings (SSSR count). The van der Waals surface area contributed by atoms with Gasteiger partial charge in [-0.3, -0.25) is 9.59 Å². The molecular formula is C27H27N3O2. The number of carbonyl (C=O) groups excluding carboxylic acids is 2. The molecule has 5 nitrogen and oxygen atoms in total. The Balaban J connectivity index is 1.59. The first kappa shape index (κ1) is 22.7. The van der Waals surface area contributed by atoms with Crippen molar-refractivity contribution < 1.29 is 9.59 Å². The van der Waals surface area contributed by atoms with E-state index in [9.17, 15) is 9.59 Å². The normalized spacial score (nSPS) is 11.4. The lowest BCUT2D eigenvalue weighted by Gasteiger charge is -2.08. The molecular weight excluding hydrogens is 398 g/mol. The van der Waals surface area contributed by atoms with Crippen LogP contribution < -0.4 is 10.7 Å². The van der Waals surface area contributed by atoms with E-state index in [2.05, 4.69) is 15.8 Å². The van der Waals surface area contributed by atoms with Gasteiger partial charge in [-0.2, -0.15) is 5.10 Å². The summed E-state index contributed by atoms with van der Waals surface area (Å²) in [6.45, 7) is 4.01. The Hall–Kier alpha value is -3.99. The molecule has 162 valence electrons. The van der Waals surface area contributed by atoms with Gasteiger partial charge in [-0.1, -0.05) is 72.8 Å². The molecule has 0 unspecified atom stereocenters. The van der Waals surface area contributed by atoms with Gasteiger partial charge in [0.25, 0.3) is 0 Å². The Labute approximate surface area is 188 Å². The maximum atomic E-state index is 12.3. The lowest BCUT2D eigenvalue weighted by molar-refractivity contribution is -0.124. The lowest BCUT2D eigenvalue weighted by Crippen LogP contribution is -2.22. The van der Waals surface area contributed by atoms with Gasteiger partial charge in [0.05, 0.1) is 5.71 Å². The molecule has 0 saturated carbocycles. The van der Waals surface area contributed by atoms with Crippen LogP contribution in [0.3, 0.4) is 0 Å². The van der Waals surface area contributed by atoms with Crippen molar-refractivity contribution in [2.24, 2.45) is 5.10 Å². The molecule has 2 amide bonds. The predicted octanol–water partition coefficient (Wildman–Crippen LogP) is 5.26. The molecule has 0 aromatic heterocycles. The third-order valence-electron chi connectivity index (χ3n) is 4.97. The number of nitrogens with zero attached hydrogens (tertiary/aromatic N) is 1. The average molecular weight is 426 g/mol. The fraction of sp³-hybridized carbons (Fsp3) is 0.148. The second kappa shape index (κ2) is 11.4. The van der Waals surface area contributed by atoms with Gasteiger partial charge in [-0.05, 0) is 48.7 Å². The van der Waals surface area contributed by atoms with E-state index in [0.29, 0.717) is 5.71 Å². The number of benzene rings is 3. The van der Waals surface area contributed by atoms with Gasteiger partial charge in [0.2, 0.25) is 11.8 Å². The molecule has 0 saturated heterocycles. The van der Waals surface area contributed by atoms with Crippen LogP contribution in [-0.2, 0) is 9.59 Å². The lowest BCUT2D eigenvalue weighted by atomic mass is 10.1. The van der Waals surface area contributed by atoms with Crippen molar-refractivity contribution in [3.05, 3.63) is 107 Å². The van der Waals surface area contributed by atoms with Crippen molar-refractivity contribution in [1.29, 1.82) is 0 Å². The molecule has 0 aliphatic rings. The fourth-order valence-corrected chi connectivity index (χ4v) is 2.99. The van der Waals surface area contributed by atoms with Gasteiger partial charge in [0, 0.05) is 24.1 Å². The molecule has 0 atom stereocenters. The molecule has 0 heterocycles. The molecule has 0 fully saturated rings. The molecule has 0 spiro atoms. The van der Waals surface area contributed by atoms with E-state index in [1.807, 2.05) is 105 Å². The molecule has 0 aliphatic heterocycles. The highest BCUT2D eigenvalue weighted by Crippen LogP contribution is 2.14. The zero-order valence-electron chi connectivity index (χ0n) is 18.3. The highest BCUT2D eigenvalue weighted by atomic mass is 16.2. The number of hydrogen-bond donors (Lipinski definition) is 2. The van der Waals surface area contributed by atoms with E-state index >= 15 is 0 Å². The Bertz CT molecular complexity index is 1120. The SMILES string of the molecule is Cc1ccc(NC(=O)CCC(=O)N/N=C(/C=C/c2ccccc2)c2ccccc2)cc1C. The monoisotopic (exact) mass is 425 g/mol. The molecule has 0 aliphatic carbocycles. The second-order valence-electron chi connectivity index (χ2n) is 7.49. The zero-order chi connectivity index (χ0) is 22.8. The third-order valence-corrected chi connectivity index (χ3v) is 4.97. The predicted molar refractivity (Wildman–Crippen MR) is 130 cm³/mol. The van der Waals surface area contributed by atoms with Crippen LogP contribution in [-0.4, -0.2) is 17.5 Å². The van der Waals surface area contributed by atoms with E-state index in [1.165, 1.54) is 0 Å². The molecule has 2 N–H and O–H groups in total. The maximum absolute atomic E-state index is 12.3. The topological polar surface area (TPSA) is 70.6 Å². The smallest absolute Gasteiger partial charge is 0.240 e. The van der Waals surface area contributed by atoms with E-state index < -0.39 is 0 Å². The first-order valence-corrected chi connectivity index (χ1v) is 10.5. The van der Waals surface area contributed by atoms with Crippen molar-refractivity contribution in [2.75, 3.05) is 5.32 Å². The summed E-state index contributed by atoms with van der Waals surface area (Å²) in [5, 5.41) is 7.12. The van der Waals surface area contributed by atoms with Gasteiger partial charge >= 0.3 is 0 Å². The number of carbonyl (C=O) groups is 2. The van der Waals surface area contributed by atoms with Gasteiger partial charge in [-0.15, -0.1) is 0 Å². The van der Waals surface area contributed by atoms with Crippen LogP contribution in [0.1, 0.15) is 35.1 Å². The number of rotatable bonds is 8. The zero-order valence-corrected chi connectivity index (χ0v) is 18.3. The number of allylic oxidation sites excluding steroid dienone is 1. The number of nitrogens with one attached hydrogen (secondary N) is 2. The van der Waals surface area contributed by atoms with Gasteiger partial charge in [0.15, 0.2) is 0 Å². The number of hydrogen-bond acceptors (Lipinski definition) is 3. The molecule has 3 aromatic rings. The summed E-state index contributed by atoms with van der Waals surface area (Å²) in [5.74, 6) is -0.526. The van der Waals surface area contributed by atoms with Crippen LogP contribution in [0.15, 0.2) is 90.0 Å². The van der Waals surface area contributed by atoms with Crippen molar-refractivity contribution in [3.8, 4) is 0 Å². The van der Waals surface area contributed by atoms with E-state index in [1.54, 1.807) is 0 Å². The Morgan fingerprint density at radius 3 is 2.16 bits per heavy atom. The number of hydrazone groups is 1. The number of aryl methyl sites for hydroxylation is 2. The highest BCUT2D eigenvalue weighted by Gasteiger charge is 2.08. The standard InChI is InChI=1S/C27H27N3O2/c1-20-13-15-24(19-21(20)2)28-26(31)17-18-27(32)30-29-25(23-11-7-4-8-12-23)16-14-22-9-5-3-6-10-22/h3-16,19H,17-18H2,1-2H3,(H,28,31)(H,30,32)/b16-14+,29-25-. The highest BCUT2D eigenvalue weighted by molar-refractivity contribution is 6.11. The van der Waals surface area contributed by atoms with Crippen molar-refractivity contribution in [3.63, 3.8) is 0 Å². The minimum absolute atomic E-state index is 0.0463. The van der Waals surface area contributed by atoms with Crippen molar-refractivity contribution in [1.82, 2.24) is 5.43 Å². The summed E-state index contributed by atoms with van der Waals surface area (Å²) in [5.41, 5.74) is 8.11. The molecule has 0 radical (unpaired) electrons. The van der Waals surface area contributed by atoms with Crippen LogP contribution in [0.4, 0.5) is 5.69 Å². The minimum atomic E-state index is -0.318. The summed E-state index contributed by atoms with van der Waals surface area (Å²) in [7, 11) is 0. The second-order valence-corrected chi connectivity index (χ2v) is 7.49. The first-order chi connectivity index (χ1) is 15.5. The van der Waals surface area contributed by atoms with Gasteiger partial charge in [-0.25, -0.2) is 5.43 Å². The van der Waals surface area contributed by atoms with Crippen LogP contribution in [0.25, 0.3) is 6.08 Å². The summed E-state index contributed by atoms with van der Waals surface area (Å²) in [4.78, 5) is 24.5.